The van der Waals surface area contributed by atoms with Crippen molar-refractivity contribution in [1.82, 2.24) is 14.8 Å². The molecule has 1 aromatic heterocycles. The zero-order valence-electron chi connectivity index (χ0n) is 10.2. The van der Waals surface area contributed by atoms with Gasteiger partial charge in [-0.1, -0.05) is 23.9 Å². The molecule has 0 aliphatic rings. The SMILES string of the molecule is Cc1nnc(SC(C)c2cccc(N)c2)n1C. The van der Waals surface area contributed by atoms with Gasteiger partial charge >= 0.3 is 0 Å². The van der Waals surface area contributed by atoms with Gasteiger partial charge in [-0.2, -0.15) is 0 Å². The topological polar surface area (TPSA) is 56.7 Å². The molecule has 1 aromatic carbocycles. The van der Waals surface area contributed by atoms with E-state index < -0.39 is 0 Å². The van der Waals surface area contributed by atoms with Gasteiger partial charge < -0.3 is 10.3 Å². The van der Waals surface area contributed by atoms with Crippen molar-refractivity contribution in [3.05, 3.63) is 35.7 Å². The Morgan fingerprint density at radius 3 is 2.71 bits per heavy atom. The molecule has 0 bridgehead atoms. The molecule has 4 nitrogen and oxygen atoms in total. The van der Waals surface area contributed by atoms with Crippen molar-refractivity contribution in [2.24, 2.45) is 7.05 Å². The highest BCUT2D eigenvalue weighted by molar-refractivity contribution is 7.99. The van der Waals surface area contributed by atoms with Crippen LogP contribution in [0, 0.1) is 6.92 Å². The lowest BCUT2D eigenvalue weighted by molar-refractivity contribution is 0.763. The quantitative estimate of drug-likeness (QED) is 0.670. The highest BCUT2D eigenvalue weighted by Gasteiger charge is 2.12. The van der Waals surface area contributed by atoms with Crippen molar-refractivity contribution in [2.75, 3.05) is 5.73 Å². The summed E-state index contributed by atoms with van der Waals surface area (Å²) in [6.07, 6.45) is 0. The van der Waals surface area contributed by atoms with Crippen LogP contribution in [0.4, 0.5) is 5.69 Å². The molecule has 0 spiro atoms. The molecule has 0 amide bonds. The predicted molar refractivity (Wildman–Crippen MR) is 70.9 cm³/mol. The Balaban J connectivity index is 2.17. The molecule has 0 aliphatic carbocycles. The average Bonchev–Trinajstić information content (AvgIpc) is 2.61. The Morgan fingerprint density at radius 1 is 1.35 bits per heavy atom. The van der Waals surface area contributed by atoms with E-state index in [1.807, 2.05) is 36.7 Å². The van der Waals surface area contributed by atoms with E-state index in [4.69, 9.17) is 5.73 Å². The summed E-state index contributed by atoms with van der Waals surface area (Å²) in [7, 11) is 1.98. The van der Waals surface area contributed by atoms with Crippen LogP contribution in [0.5, 0.6) is 0 Å². The van der Waals surface area contributed by atoms with Crippen LogP contribution >= 0.6 is 11.8 Å². The van der Waals surface area contributed by atoms with E-state index in [0.29, 0.717) is 5.25 Å². The standard InChI is InChI=1S/C12H16N4S/c1-8(10-5-4-6-11(13)7-10)17-12-15-14-9(2)16(12)3/h4-8H,13H2,1-3H3. The molecule has 0 fully saturated rings. The van der Waals surface area contributed by atoms with Crippen LogP contribution in [0.25, 0.3) is 0 Å². The van der Waals surface area contributed by atoms with E-state index in [1.54, 1.807) is 11.8 Å². The van der Waals surface area contributed by atoms with Gasteiger partial charge in [0.25, 0.3) is 0 Å². The monoisotopic (exact) mass is 248 g/mol. The fraction of sp³-hybridized carbons (Fsp3) is 0.333. The largest absolute Gasteiger partial charge is 0.399 e. The molecular formula is C12H16N4S. The summed E-state index contributed by atoms with van der Waals surface area (Å²) in [6, 6.07) is 7.95. The molecule has 90 valence electrons. The molecule has 1 unspecified atom stereocenters. The first kappa shape index (κ1) is 12.0. The zero-order chi connectivity index (χ0) is 12.4. The van der Waals surface area contributed by atoms with E-state index >= 15 is 0 Å². The van der Waals surface area contributed by atoms with Crippen molar-refractivity contribution in [1.29, 1.82) is 0 Å². The van der Waals surface area contributed by atoms with Gasteiger partial charge in [-0.3, -0.25) is 0 Å². The fourth-order valence-corrected chi connectivity index (χ4v) is 2.51. The Kier molecular flexibility index (Phi) is 3.38. The van der Waals surface area contributed by atoms with Crippen LogP contribution in [0.1, 0.15) is 23.6 Å². The summed E-state index contributed by atoms with van der Waals surface area (Å²) < 4.78 is 1.99. The molecule has 0 aliphatic heterocycles. The number of hydrogen-bond acceptors (Lipinski definition) is 4. The van der Waals surface area contributed by atoms with Crippen molar-refractivity contribution < 1.29 is 0 Å². The molecule has 0 saturated carbocycles. The van der Waals surface area contributed by atoms with Gasteiger partial charge in [0, 0.05) is 18.0 Å². The van der Waals surface area contributed by atoms with Crippen LogP contribution in [-0.4, -0.2) is 14.8 Å². The minimum Gasteiger partial charge on any atom is -0.399 e. The van der Waals surface area contributed by atoms with E-state index in [2.05, 4.69) is 23.2 Å². The number of aryl methyl sites for hydroxylation is 1. The first-order chi connectivity index (χ1) is 8.08. The van der Waals surface area contributed by atoms with E-state index in [9.17, 15) is 0 Å². The van der Waals surface area contributed by atoms with Crippen LogP contribution in [0.3, 0.4) is 0 Å². The summed E-state index contributed by atoms with van der Waals surface area (Å²) >= 11 is 1.69. The van der Waals surface area contributed by atoms with Gasteiger partial charge in [0.1, 0.15) is 5.82 Å². The lowest BCUT2D eigenvalue weighted by atomic mass is 10.1. The maximum absolute atomic E-state index is 5.78. The number of nitrogens with two attached hydrogens (primary N) is 1. The number of aromatic nitrogens is 3. The normalized spacial score (nSPS) is 12.6. The number of anilines is 1. The van der Waals surface area contributed by atoms with E-state index in [-0.39, 0.29) is 0 Å². The molecular weight excluding hydrogens is 232 g/mol. The first-order valence-electron chi connectivity index (χ1n) is 5.46. The predicted octanol–water partition coefficient (Wildman–Crippen LogP) is 2.56. The Labute approximate surface area is 105 Å². The molecule has 2 aromatic rings. The van der Waals surface area contributed by atoms with Gasteiger partial charge in [-0.15, -0.1) is 10.2 Å². The summed E-state index contributed by atoms with van der Waals surface area (Å²) in [5, 5.41) is 9.43. The molecule has 17 heavy (non-hydrogen) atoms. The maximum Gasteiger partial charge on any atom is 0.191 e. The highest BCUT2D eigenvalue weighted by Crippen LogP contribution is 2.34. The van der Waals surface area contributed by atoms with Gasteiger partial charge in [0.05, 0.1) is 0 Å². The minimum absolute atomic E-state index is 0.306. The fourth-order valence-electron chi connectivity index (χ4n) is 1.53. The lowest BCUT2D eigenvalue weighted by Gasteiger charge is -2.11. The maximum atomic E-state index is 5.78. The lowest BCUT2D eigenvalue weighted by Crippen LogP contribution is -1.97. The molecule has 0 saturated heterocycles. The van der Waals surface area contributed by atoms with Crippen molar-refractivity contribution >= 4 is 17.4 Å². The number of hydrogen-bond donors (Lipinski definition) is 1. The molecule has 1 heterocycles. The van der Waals surface area contributed by atoms with Gasteiger partial charge in [-0.05, 0) is 31.5 Å². The van der Waals surface area contributed by atoms with Crippen LogP contribution < -0.4 is 5.73 Å². The highest BCUT2D eigenvalue weighted by atomic mass is 32.2. The molecule has 1 atom stereocenters. The third kappa shape index (κ3) is 2.61. The van der Waals surface area contributed by atoms with Crippen molar-refractivity contribution in [3.63, 3.8) is 0 Å². The second kappa shape index (κ2) is 4.79. The van der Waals surface area contributed by atoms with E-state index in [1.165, 1.54) is 5.56 Å². The summed E-state index contributed by atoms with van der Waals surface area (Å²) in [5.74, 6) is 0.923. The molecule has 2 N–H and O–H groups in total. The first-order valence-corrected chi connectivity index (χ1v) is 6.34. The Morgan fingerprint density at radius 2 is 2.12 bits per heavy atom. The average molecular weight is 248 g/mol. The third-order valence-electron chi connectivity index (χ3n) is 2.71. The summed E-state index contributed by atoms with van der Waals surface area (Å²) in [6.45, 7) is 4.09. The van der Waals surface area contributed by atoms with Gasteiger partial charge in [-0.25, -0.2) is 0 Å². The van der Waals surface area contributed by atoms with Crippen molar-refractivity contribution in [2.45, 2.75) is 24.3 Å². The smallest absolute Gasteiger partial charge is 0.191 e. The second-order valence-corrected chi connectivity index (χ2v) is 5.33. The number of benzene rings is 1. The molecule has 5 heteroatoms. The Bertz CT molecular complexity index is 521. The number of nitrogens with zero attached hydrogens (tertiary/aromatic N) is 3. The number of nitrogen functional groups attached to an aromatic ring is 1. The van der Waals surface area contributed by atoms with Gasteiger partial charge in [0.2, 0.25) is 0 Å². The summed E-state index contributed by atoms with van der Waals surface area (Å²) in [5.41, 5.74) is 7.78. The second-order valence-electron chi connectivity index (χ2n) is 4.02. The molecule has 0 radical (unpaired) electrons. The number of rotatable bonds is 3. The summed E-state index contributed by atoms with van der Waals surface area (Å²) in [4.78, 5) is 0. The van der Waals surface area contributed by atoms with Crippen molar-refractivity contribution in [3.8, 4) is 0 Å². The number of thioether (sulfide) groups is 1. The molecule has 2 rings (SSSR count). The van der Waals surface area contributed by atoms with Crippen LogP contribution in [0.15, 0.2) is 29.4 Å². The van der Waals surface area contributed by atoms with E-state index in [0.717, 1.165) is 16.7 Å². The third-order valence-corrected chi connectivity index (χ3v) is 3.91. The minimum atomic E-state index is 0.306. The Hall–Kier alpha value is -1.49. The van der Waals surface area contributed by atoms with Crippen LogP contribution in [-0.2, 0) is 7.05 Å². The zero-order valence-corrected chi connectivity index (χ0v) is 11.0. The van der Waals surface area contributed by atoms with Crippen LogP contribution in [0.2, 0.25) is 0 Å². The van der Waals surface area contributed by atoms with Gasteiger partial charge in [0.15, 0.2) is 5.16 Å².